The predicted octanol–water partition coefficient (Wildman–Crippen LogP) is 3.88. The maximum Gasteiger partial charge on any atom is 0.234 e. The van der Waals surface area contributed by atoms with Crippen LogP contribution in [0.1, 0.15) is 15.9 Å². The molecule has 0 saturated heterocycles. The number of halogens is 3. The molecule has 1 N–H and O–H groups in total. The van der Waals surface area contributed by atoms with Gasteiger partial charge in [0.2, 0.25) is 5.91 Å². The van der Waals surface area contributed by atoms with Crippen LogP contribution >= 0.6 is 46.6 Å². The third-order valence-corrected chi connectivity index (χ3v) is 4.92. The third-order valence-electron chi connectivity index (χ3n) is 3.02. The van der Waals surface area contributed by atoms with Crippen molar-refractivity contribution in [2.24, 2.45) is 0 Å². The van der Waals surface area contributed by atoms with Gasteiger partial charge in [-0.15, -0.1) is 11.8 Å². The van der Waals surface area contributed by atoms with Crippen molar-refractivity contribution >= 4 is 64.1 Å². The Kier molecular flexibility index (Phi) is 6.80. The lowest BCUT2D eigenvalue weighted by molar-refractivity contribution is -0.254. The van der Waals surface area contributed by atoms with E-state index in [4.69, 9.17) is 34.8 Å². The number of thioether (sulfide) groups is 1. The molecule has 8 heteroatoms. The van der Waals surface area contributed by atoms with Gasteiger partial charge in [0.1, 0.15) is 0 Å². The summed E-state index contributed by atoms with van der Waals surface area (Å²) in [5.41, 5.74) is 0.719. The Morgan fingerprint density at radius 2 is 1.75 bits per heavy atom. The van der Waals surface area contributed by atoms with Crippen molar-refractivity contribution in [3.63, 3.8) is 0 Å². The smallest absolute Gasteiger partial charge is 0.234 e. The average molecular weight is 404 g/mol. The quantitative estimate of drug-likeness (QED) is 0.794. The fourth-order valence-electron chi connectivity index (χ4n) is 1.90. The number of aromatic carboxylic acids is 1. The lowest BCUT2D eigenvalue weighted by Crippen LogP contribution is -2.25. The second kappa shape index (κ2) is 8.62. The summed E-state index contributed by atoms with van der Waals surface area (Å²) in [5.74, 6) is -1.20. The summed E-state index contributed by atoms with van der Waals surface area (Å²) in [7, 11) is 0. The van der Waals surface area contributed by atoms with Gasteiger partial charge in [-0.2, -0.15) is 0 Å². The van der Waals surface area contributed by atoms with E-state index in [0.717, 1.165) is 5.56 Å². The van der Waals surface area contributed by atoms with Gasteiger partial charge in [0.25, 0.3) is 0 Å². The van der Waals surface area contributed by atoms with Crippen LogP contribution in [0.15, 0.2) is 36.4 Å². The molecule has 0 unspecified atom stereocenters. The van der Waals surface area contributed by atoms with Crippen LogP contribution in [0.4, 0.5) is 5.69 Å². The minimum absolute atomic E-state index is 0.108. The Morgan fingerprint density at radius 1 is 1.08 bits per heavy atom. The summed E-state index contributed by atoms with van der Waals surface area (Å²) < 4.78 is 0. The number of carbonyl (C=O) groups excluding carboxylic acids is 2. The van der Waals surface area contributed by atoms with Crippen LogP contribution in [-0.2, 0) is 10.5 Å². The van der Waals surface area contributed by atoms with E-state index in [2.05, 4.69) is 5.32 Å². The lowest BCUT2D eigenvalue weighted by Gasteiger charge is -2.12. The molecule has 1 amide bonds. The molecule has 0 spiro atoms. The zero-order valence-electron chi connectivity index (χ0n) is 12.1. The van der Waals surface area contributed by atoms with E-state index < -0.39 is 5.97 Å². The first-order chi connectivity index (χ1) is 11.4. The number of carboxylic acids is 1. The van der Waals surface area contributed by atoms with E-state index in [1.807, 2.05) is 0 Å². The highest BCUT2D eigenvalue weighted by Crippen LogP contribution is 2.28. The fourth-order valence-corrected chi connectivity index (χ4v) is 3.63. The molecule has 0 bridgehead atoms. The van der Waals surface area contributed by atoms with Crippen molar-refractivity contribution in [2.45, 2.75) is 5.75 Å². The van der Waals surface area contributed by atoms with Crippen molar-refractivity contribution in [1.82, 2.24) is 0 Å². The molecular weight excluding hydrogens is 393 g/mol. The minimum atomic E-state index is -1.41. The van der Waals surface area contributed by atoms with E-state index in [0.29, 0.717) is 15.8 Å². The molecule has 0 heterocycles. The van der Waals surface area contributed by atoms with Gasteiger partial charge in [0.15, 0.2) is 0 Å². The number of hydrogen-bond acceptors (Lipinski definition) is 4. The molecule has 2 rings (SSSR count). The van der Waals surface area contributed by atoms with Gasteiger partial charge in [-0.1, -0.05) is 40.9 Å². The van der Waals surface area contributed by atoms with Crippen LogP contribution in [0.2, 0.25) is 15.1 Å². The topological polar surface area (TPSA) is 69.2 Å². The van der Waals surface area contributed by atoms with Crippen molar-refractivity contribution in [3.05, 3.63) is 62.6 Å². The van der Waals surface area contributed by atoms with Gasteiger partial charge in [-0.3, -0.25) is 4.79 Å². The molecule has 126 valence electrons. The Bertz CT molecular complexity index is 763. The zero-order valence-corrected chi connectivity index (χ0v) is 15.2. The Labute approximate surface area is 158 Å². The summed E-state index contributed by atoms with van der Waals surface area (Å²) >= 11 is 19.2. The SMILES string of the molecule is O=C(CSCc1c(Cl)cccc1Cl)Nc1ccc(Cl)cc1C(=O)[O-]. The van der Waals surface area contributed by atoms with E-state index >= 15 is 0 Å². The summed E-state index contributed by atoms with van der Waals surface area (Å²) in [6.45, 7) is 0. The van der Waals surface area contributed by atoms with Crippen molar-refractivity contribution < 1.29 is 14.7 Å². The monoisotopic (exact) mass is 402 g/mol. The molecule has 0 saturated carbocycles. The van der Waals surface area contributed by atoms with Crippen LogP contribution in [0, 0.1) is 0 Å². The van der Waals surface area contributed by atoms with Crippen molar-refractivity contribution in [3.8, 4) is 0 Å². The maximum atomic E-state index is 12.0. The number of nitrogens with one attached hydrogen (secondary N) is 1. The third kappa shape index (κ3) is 5.05. The minimum Gasteiger partial charge on any atom is -0.545 e. The van der Waals surface area contributed by atoms with Crippen molar-refractivity contribution in [2.75, 3.05) is 11.1 Å². The lowest BCUT2D eigenvalue weighted by atomic mass is 10.2. The summed E-state index contributed by atoms with van der Waals surface area (Å²) in [4.78, 5) is 23.1. The van der Waals surface area contributed by atoms with Gasteiger partial charge in [0, 0.05) is 32.1 Å². The highest BCUT2D eigenvalue weighted by Gasteiger charge is 2.10. The van der Waals surface area contributed by atoms with Crippen LogP contribution in [-0.4, -0.2) is 17.6 Å². The number of amides is 1. The largest absolute Gasteiger partial charge is 0.545 e. The van der Waals surface area contributed by atoms with Crippen LogP contribution in [0.25, 0.3) is 0 Å². The van der Waals surface area contributed by atoms with Gasteiger partial charge in [-0.05, 0) is 35.9 Å². The van der Waals surface area contributed by atoms with Gasteiger partial charge in [0.05, 0.1) is 11.7 Å². The molecule has 4 nitrogen and oxygen atoms in total. The molecule has 0 atom stereocenters. The van der Waals surface area contributed by atoms with E-state index in [1.54, 1.807) is 18.2 Å². The highest BCUT2D eigenvalue weighted by molar-refractivity contribution is 7.99. The standard InChI is InChI=1S/C16H12Cl3NO3S/c17-9-4-5-14(10(6-9)16(22)23)20-15(21)8-24-7-11-12(18)2-1-3-13(11)19/h1-6H,7-8H2,(H,20,21)(H,22,23)/p-1. The zero-order chi connectivity index (χ0) is 17.7. The Balaban J connectivity index is 1.96. The van der Waals surface area contributed by atoms with E-state index in [9.17, 15) is 14.7 Å². The molecule has 2 aromatic carbocycles. The maximum absolute atomic E-state index is 12.0. The van der Waals surface area contributed by atoms with Crippen LogP contribution in [0.3, 0.4) is 0 Å². The molecule has 2 aromatic rings. The first kappa shape index (κ1) is 18.9. The number of carboxylic acid groups (broad SMARTS) is 1. The van der Waals surface area contributed by atoms with Crippen molar-refractivity contribution in [1.29, 1.82) is 0 Å². The van der Waals surface area contributed by atoms with Gasteiger partial charge in [-0.25, -0.2) is 0 Å². The molecule has 0 radical (unpaired) electrons. The Hall–Kier alpha value is -1.40. The average Bonchev–Trinajstić information content (AvgIpc) is 2.52. The summed E-state index contributed by atoms with van der Waals surface area (Å²) in [6, 6.07) is 9.32. The van der Waals surface area contributed by atoms with Gasteiger partial charge < -0.3 is 15.2 Å². The molecule has 0 fully saturated rings. The molecule has 0 aliphatic carbocycles. The summed E-state index contributed by atoms with van der Waals surface area (Å²) in [6.07, 6.45) is 0. The second-order valence-corrected chi connectivity index (χ2v) is 6.95. The molecule has 24 heavy (non-hydrogen) atoms. The fraction of sp³-hybridized carbons (Fsp3) is 0.125. The first-order valence-corrected chi connectivity index (χ1v) is 8.98. The molecular formula is C16H11Cl3NO3S-. The summed E-state index contributed by atoms with van der Waals surface area (Å²) in [5, 5.41) is 14.9. The molecule has 0 aliphatic rings. The second-order valence-electron chi connectivity index (χ2n) is 4.72. The van der Waals surface area contributed by atoms with E-state index in [1.165, 1.54) is 30.0 Å². The van der Waals surface area contributed by atoms with Gasteiger partial charge >= 0.3 is 0 Å². The van der Waals surface area contributed by atoms with Crippen LogP contribution < -0.4 is 10.4 Å². The van der Waals surface area contributed by atoms with E-state index in [-0.39, 0.29) is 27.9 Å². The van der Waals surface area contributed by atoms with Crippen LogP contribution in [0.5, 0.6) is 0 Å². The Morgan fingerprint density at radius 3 is 2.38 bits per heavy atom. The number of carbonyl (C=O) groups is 2. The number of hydrogen-bond donors (Lipinski definition) is 1. The number of anilines is 1. The molecule has 0 aliphatic heterocycles. The predicted molar refractivity (Wildman–Crippen MR) is 97.0 cm³/mol. The first-order valence-electron chi connectivity index (χ1n) is 6.70. The molecule has 0 aromatic heterocycles. The normalized spacial score (nSPS) is 10.5. The highest BCUT2D eigenvalue weighted by atomic mass is 35.5. The number of benzene rings is 2. The number of rotatable bonds is 6.